The lowest BCUT2D eigenvalue weighted by atomic mass is 10.2. The molecule has 0 aromatic heterocycles. The van der Waals surface area contributed by atoms with Gasteiger partial charge in [0.05, 0.1) is 37.4 Å². The number of nitro benzene ring substituents is 1. The Morgan fingerprint density at radius 1 is 1.03 bits per heavy atom. The number of hydrogen-bond acceptors (Lipinski definition) is 9. The van der Waals surface area contributed by atoms with Crippen molar-refractivity contribution in [3.63, 3.8) is 0 Å². The molecule has 0 aliphatic heterocycles. The Balaban J connectivity index is 2.38. The van der Waals surface area contributed by atoms with E-state index in [2.05, 4.69) is 10.5 Å². The first-order valence-corrected chi connectivity index (χ1v) is 11.0. The number of sulfonamides is 1. The minimum atomic E-state index is -3.84. The van der Waals surface area contributed by atoms with Gasteiger partial charge in [-0.15, -0.1) is 0 Å². The highest BCUT2D eigenvalue weighted by molar-refractivity contribution is 7.89. The van der Waals surface area contributed by atoms with Gasteiger partial charge in [-0.3, -0.25) is 15.5 Å². The van der Waals surface area contributed by atoms with E-state index in [0.29, 0.717) is 22.8 Å². The molecule has 2 aromatic rings. The Bertz CT molecular complexity index is 1100. The van der Waals surface area contributed by atoms with E-state index in [1.54, 1.807) is 26.0 Å². The Morgan fingerprint density at radius 3 is 2.16 bits per heavy atom. The quantitative estimate of drug-likeness (QED) is 0.303. The van der Waals surface area contributed by atoms with Crippen LogP contribution in [0, 0.1) is 10.1 Å². The Morgan fingerprint density at radius 2 is 1.62 bits per heavy atom. The van der Waals surface area contributed by atoms with Crippen LogP contribution in [0.3, 0.4) is 0 Å². The van der Waals surface area contributed by atoms with Crippen molar-refractivity contribution in [3.05, 3.63) is 46.0 Å². The van der Waals surface area contributed by atoms with Crippen molar-refractivity contribution in [2.45, 2.75) is 18.7 Å². The molecule has 174 valence electrons. The third kappa shape index (κ3) is 5.26. The van der Waals surface area contributed by atoms with E-state index in [1.807, 2.05) is 0 Å². The molecule has 1 N–H and O–H groups in total. The zero-order chi connectivity index (χ0) is 23.9. The molecule has 0 fully saturated rings. The number of rotatable bonds is 11. The van der Waals surface area contributed by atoms with E-state index in [9.17, 15) is 18.5 Å². The molecule has 0 radical (unpaired) electrons. The number of anilines is 1. The summed E-state index contributed by atoms with van der Waals surface area (Å²) >= 11 is 0. The van der Waals surface area contributed by atoms with Crippen LogP contribution in [-0.4, -0.2) is 58.3 Å². The summed E-state index contributed by atoms with van der Waals surface area (Å²) in [7, 11) is 0.620. The molecule has 2 rings (SSSR count). The van der Waals surface area contributed by atoms with E-state index in [-0.39, 0.29) is 23.7 Å². The van der Waals surface area contributed by atoms with Crippen molar-refractivity contribution in [2.24, 2.45) is 5.10 Å². The highest BCUT2D eigenvalue weighted by Crippen LogP contribution is 2.34. The van der Waals surface area contributed by atoms with E-state index in [0.717, 1.165) is 6.07 Å². The molecule has 0 amide bonds. The fourth-order valence-electron chi connectivity index (χ4n) is 2.96. The molecular weight excluding hydrogens is 440 g/mol. The van der Waals surface area contributed by atoms with Crippen LogP contribution < -0.4 is 19.6 Å². The fourth-order valence-corrected chi connectivity index (χ4v) is 4.43. The first kappa shape index (κ1) is 24.9. The SMILES string of the molecule is CCN(CC)S(=O)(=O)c1ccc(N/N=C\c2cc(OC)c(OC)cc2OC)c([N+](=O)[O-])c1. The molecular formula is C20H26N4O7S. The summed E-state index contributed by atoms with van der Waals surface area (Å²) in [4.78, 5) is 10.7. The lowest BCUT2D eigenvalue weighted by Crippen LogP contribution is -2.30. The van der Waals surface area contributed by atoms with Gasteiger partial charge in [0, 0.05) is 30.8 Å². The Kier molecular flexibility index (Phi) is 8.38. The van der Waals surface area contributed by atoms with Gasteiger partial charge in [0.15, 0.2) is 11.5 Å². The van der Waals surface area contributed by atoms with Gasteiger partial charge in [-0.1, -0.05) is 13.8 Å². The van der Waals surface area contributed by atoms with Crippen LogP contribution in [0.4, 0.5) is 11.4 Å². The first-order valence-electron chi connectivity index (χ1n) is 9.61. The summed E-state index contributed by atoms with van der Waals surface area (Å²) < 4.78 is 42.4. The fraction of sp³-hybridized carbons (Fsp3) is 0.350. The Hall–Kier alpha value is -3.38. The van der Waals surface area contributed by atoms with Crippen LogP contribution in [0.15, 0.2) is 40.3 Å². The average molecular weight is 467 g/mol. The van der Waals surface area contributed by atoms with Crippen molar-refractivity contribution in [1.82, 2.24) is 4.31 Å². The predicted molar refractivity (Wildman–Crippen MR) is 121 cm³/mol. The van der Waals surface area contributed by atoms with Gasteiger partial charge in [-0.2, -0.15) is 9.41 Å². The van der Waals surface area contributed by atoms with Gasteiger partial charge in [0.2, 0.25) is 10.0 Å². The van der Waals surface area contributed by atoms with Gasteiger partial charge in [-0.05, 0) is 18.2 Å². The smallest absolute Gasteiger partial charge is 0.295 e. The molecule has 12 heteroatoms. The second-order valence-electron chi connectivity index (χ2n) is 6.34. The summed E-state index contributed by atoms with van der Waals surface area (Å²) in [5.74, 6) is 1.37. The van der Waals surface area contributed by atoms with E-state index >= 15 is 0 Å². The molecule has 0 atom stereocenters. The van der Waals surface area contributed by atoms with E-state index in [1.165, 1.54) is 44.0 Å². The molecule has 0 spiro atoms. The number of hydrazone groups is 1. The molecule has 0 aliphatic rings. The molecule has 0 saturated heterocycles. The lowest BCUT2D eigenvalue weighted by molar-refractivity contribution is -0.384. The van der Waals surface area contributed by atoms with Crippen LogP contribution in [0.5, 0.6) is 17.2 Å². The zero-order valence-electron chi connectivity index (χ0n) is 18.5. The molecule has 0 bridgehead atoms. The number of hydrogen-bond donors (Lipinski definition) is 1. The van der Waals surface area contributed by atoms with Crippen molar-refractivity contribution in [3.8, 4) is 17.2 Å². The largest absolute Gasteiger partial charge is 0.496 e. The monoisotopic (exact) mass is 466 g/mol. The predicted octanol–water partition coefficient (Wildman–Crippen LogP) is 3.10. The molecule has 32 heavy (non-hydrogen) atoms. The van der Waals surface area contributed by atoms with Gasteiger partial charge in [0.1, 0.15) is 11.4 Å². The van der Waals surface area contributed by atoms with Crippen LogP contribution in [-0.2, 0) is 10.0 Å². The molecule has 11 nitrogen and oxygen atoms in total. The number of nitro groups is 1. The summed E-state index contributed by atoms with van der Waals surface area (Å²) in [5.41, 5.74) is 2.73. The van der Waals surface area contributed by atoms with Crippen LogP contribution in [0.25, 0.3) is 0 Å². The average Bonchev–Trinajstić information content (AvgIpc) is 2.79. The second-order valence-corrected chi connectivity index (χ2v) is 8.28. The Labute approximate surface area is 186 Å². The number of ether oxygens (including phenoxy) is 3. The normalized spacial score (nSPS) is 11.6. The standard InChI is InChI=1S/C20H26N4O7S/c1-6-23(7-2)32(27,28)15-8-9-16(17(11-15)24(25)26)22-21-13-14-10-19(30-4)20(31-5)12-18(14)29-3/h8-13,22H,6-7H2,1-5H3/b21-13-. The van der Waals surface area contributed by atoms with E-state index < -0.39 is 20.6 Å². The number of benzene rings is 2. The van der Waals surface area contributed by atoms with Crippen LogP contribution in [0.1, 0.15) is 19.4 Å². The summed E-state index contributed by atoms with van der Waals surface area (Å²) in [6, 6.07) is 6.88. The summed E-state index contributed by atoms with van der Waals surface area (Å²) in [6.07, 6.45) is 1.39. The van der Waals surface area contributed by atoms with Crippen molar-refractivity contribution in [2.75, 3.05) is 39.8 Å². The van der Waals surface area contributed by atoms with Crippen molar-refractivity contribution in [1.29, 1.82) is 0 Å². The number of methoxy groups -OCH3 is 3. The van der Waals surface area contributed by atoms with Crippen LogP contribution >= 0.6 is 0 Å². The lowest BCUT2D eigenvalue weighted by Gasteiger charge is -2.18. The molecule has 0 unspecified atom stereocenters. The number of nitrogens with zero attached hydrogens (tertiary/aromatic N) is 3. The molecule has 0 saturated carbocycles. The maximum atomic E-state index is 12.7. The second kappa shape index (κ2) is 10.8. The first-order chi connectivity index (χ1) is 15.2. The zero-order valence-corrected chi connectivity index (χ0v) is 19.3. The van der Waals surface area contributed by atoms with Gasteiger partial charge in [0.25, 0.3) is 5.69 Å². The maximum Gasteiger partial charge on any atom is 0.295 e. The van der Waals surface area contributed by atoms with Crippen LogP contribution in [0.2, 0.25) is 0 Å². The summed E-state index contributed by atoms with van der Waals surface area (Å²) in [6.45, 7) is 3.90. The summed E-state index contributed by atoms with van der Waals surface area (Å²) in [5, 5.41) is 15.6. The molecule has 0 aliphatic carbocycles. The third-order valence-electron chi connectivity index (χ3n) is 4.63. The number of nitrogens with one attached hydrogen (secondary N) is 1. The third-order valence-corrected chi connectivity index (χ3v) is 6.68. The van der Waals surface area contributed by atoms with E-state index in [4.69, 9.17) is 14.2 Å². The highest BCUT2D eigenvalue weighted by atomic mass is 32.2. The topological polar surface area (TPSA) is 133 Å². The van der Waals surface area contributed by atoms with Gasteiger partial charge < -0.3 is 14.2 Å². The van der Waals surface area contributed by atoms with Gasteiger partial charge >= 0.3 is 0 Å². The maximum absolute atomic E-state index is 12.7. The van der Waals surface area contributed by atoms with Crippen molar-refractivity contribution >= 4 is 27.6 Å². The highest BCUT2D eigenvalue weighted by Gasteiger charge is 2.25. The molecule has 2 aromatic carbocycles. The molecule has 0 heterocycles. The van der Waals surface area contributed by atoms with Crippen molar-refractivity contribution < 1.29 is 27.6 Å². The minimum Gasteiger partial charge on any atom is -0.496 e. The minimum absolute atomic E-state index is 0.0317. The van der Waals surface area contributed by atoms with Gasteiger partial charge in [-0.25, -0.2) is 8.42 Å².